The molecule has 0 N–H and O–H groups in total. The number of rotatable bonds is 4. The van der Waals surface area contributed by atoms with Crippen LogP contribution in [0.2, 0.25) is 0 Å². The molecule has 9 aromatic rings. The van der Waals surface area contributed by atoms with Gasteiger partial charge in [-0.15, -0.1) is 0 Å². The van der Waals surface area contributed by atoms with Gasteiger partial charge in [0.25, 0.3) is 0 Å². The number of para-hydroxylation sites is 4. The summed E-state index contributed by atoms with van der Waals surface area (Å²) in [6.45, 7) is 8.30. The average Bonchev–Trinajstić information content (AvgIpc) is 3.72. The molecule has 0 amide bonds. The van der Waals surface area contributed by atoms with Crippen LogP contribution >= 0.6 is 0 Å². The second kappa shape index (κ2) is 11.9. The molecule has 6 nitrogen and oxygen atoms in total. The highest BCUT2D eigenvalue weighted by Gasteiger charge is 2.23. The maximum atomic E-state index is 10.9. The third-order valence-corrected chi connectivity index (χ3v) is 9.86. The molecule has 2 heterocycles. The Hall–Kier alpha value is -7.90. The summed E-state index contributed by atoms with van der Waals surface area (Å²) in [5.74, 6) is 0. The van der Waals surface area contributed by atoms with Crippen molar-refractivity contribution in [1.82, 2.24) is 9.13 Å². The predicted molar refractivity (Wildman–Crippen MR) is 206 cm³/mol. The third kappa shape index (κ3) is 4.40. The van der Waals surface area contributed by atoms with Gasteiger partial charge in [-0.25, -0.2) is 4.85 Å². The van der Waals surface area contributed by atoms with Gasteiger partial charge in [0.15, 0.2) is 0 Å². The second-order valence-corrected chi connectivity index (χ2v) is 12.5. The quantitative estimate of drug-likeness (QED) is 0.176. The molecule has 0 saturated heterocycles. The molecule has 0 aliphatic heterocycles. The van der Waals surface area contributed by atoms with Crippen LogP contribution in [0.15, 0.2) is 146 Å². The van der Waals surface area contributed by atoms with E-state index in [9.17, 15) is 15.8 Å². The van der Waals surface area contributed by atoms with Crippen LogP contribution in [0.1, 0.15) is 16.7 Å². The highest BCUT2D eigenvalue weighted by atomic mass is 15.0. The van der Waals surface area contributed by atoms with E-state index in [0.29, 0.717) is 33.6 Å². The van der Waals surface area contributed by atoms with E-state index in [-0.39, 0.29) is 0 Å². The molecule has 6 heteroatoms. The molecule has 0 saturated carbocycles. The van der Waals surface area contributed by atoms with Crippen molar-refractivity contribution in [2.45, 2.75) is 0 Å². The van der Waals surface area contributed by atoms with Crippen LogP contribution < -0.4 is 0 Å². The highest BCUT2D eigenvalue weighted by molar-refractivity contribution is 6.12. The summed E-state index contributed by atoms with van der Waals surface area (Å²) in [7, 11) is 0. The van der Waals surface area contributed by atoms with Gasteiger partial charge >= 0.3 is 0 Å². The van der Waals surface area contributed by atoms with Gasteiger partial charge in [0.2, 0.25) is 5.69 Å². The first kappa shape index (κ1) is 30.2. The van der Waals surface area contributed by atoms with Crippen LogP contribution in [-0.2, 0) is 0 Å². The summed E-state index contributed by atoms with van der Waals surface area (Å²) in [6.07, 6.45) is 0. The molecule has 9 rings (SSSR count). The maximum absolute atomic E-state index is 10.9. The minimum Gasteiger partial charge on any atom is -0.318 e. The molecular formula is C46H24N6. The standard InChI is InChI=1S/C46H24N6/c1-50-40-15-8-14-36(46(40)52-43-18-7-4-12-35(43)38-25-30(27-48)21-23-45(38)52)37-24-29(26-47)20-22-32(37)31-13-9-19-44(39(31)28-49)51-41-16-5-2-10-33(41)34-11-3-6-17-42(34)51/h2-25H. The van der Waals surface area contributed by atoms with E-state index in [1.54, 1.807) is 18.2 Å². The lowest BCUT2D eigenvalue weighted by molar-refractivity contribution is 1.17. The molecule has 0 spiro atoms. The van der Waals surface area contributed by atoms with E-state index < -0.39 is 0 Å². The Morgan fingerprint density at radius 1 is 0.442 bits per heavy atom. The van der Waals surface area contributed by atoms with Gasteiger partial charge in [-0.3, -0.25) is 0 Å². The summed E-state index contributed by atoms with van der Waals surface area (Å²) in [4.78, 5) is 4.00. The van der Waals surface area contributed by atoms with Gasteiger partial charge in [-0.05, 0) is 71.3 Å². The minimum absolute atomic E-state index is 0.428. The van der Waals surface area contributed by atoms with E-state index in [2.05, 4.69) is 56.5 Å². The van der Waals surface area contributed by atoms with E-state index in [1.165, 1.54) is 0 Å². The molecule has 0 bridgehead atoms. The van der Waals surface area contributed by atoms with Crippen LogP contribution in [0.5, 0.6) is 0 Å². The first-order valence-corrected chi connectivity index (χ1v) is 16.7. The zero-order valence-electron chi connectivity index (χ0n) is 27.5. The molecule has 52 heavy (non-hydrogen) atoms. The van der Waals surface area contributed by atoms with Crippen molar-refractivity contribution in [3.05, 3.63) is 174 Å². The largest absolute Gasteiger partial charge is 0.318 e. The predicted octanol–water partition coefficient (Wildman–Crippen LogP) is 11.4. The van der Waals surface area contributed by atoms with Crippen LogP contribution in [0.25, 0.3) is 82.1 Å². The Balaban J connectivity index is 1.36. The topological polar surface area (TPSA) is 85.6 Å². The summed E-state index contributed by atoms with van der Waals surface area (Å²) < 4.78 is 4.23. The molecule has 238 valence electrons. The van der Waals surface area contributed by atoms with E-state index >= 15 is 0 Å². The fraction of sp³-hybridized carbons (Fsp3) is 0. The van der Waals surface area contributed by atoms with Crippen molar-refractivity contribution in [3.8, 4) is 51.8 Å². The molecule has 0 unspecified atom stereocenters. The normalized spacial score (nSPS) is 11.0. The Labute approximate surface area is 298 Å². The first-order chi connectivity index (χ1) is 25.6. The van der Waals surface area contributed by atoms with Crippen LogP contribution in [0.4, 0.5) is 5.69 Å². The van der Waals surface area contributed by atoms with E-state index in [0.717, 1.165) is 66.0 Å². The number of fused-ring (bicyclic) bond motifs is 6. The van der Waals surface area contributed by atoms with Gasteiger partial charge in [0.1, 0.15) is 6.07 Å². The zero-order chi connectivity index (χ0) is 35.3. The van der Waals surface area contributed by atoms with Crippen molar-refractivity contribution in [1.29, 1.82) is 15.8 Å². The molecule has 0 aliphatic rings. The number of hydrogen-bond acceptors (Lipinski definition) is 3. The summed E-state index contributed by atoms with van der Waals surface area (Å²) in [5, 5.41) is 34.9. The van der Waals surface area contributed by atoms with Crippen LogP contribution in [0.3, 0.4) is 0 Å². The molecule has 0 aliphatic carbocycles. The van der Waals surface area contributed by atoms with Gasteiger partial charge in [0.05, 0.1) is 68.8 Å². The van der Waals surface area contributed by atoms with Crippen molar-refractivity contribution in [2.75, 3.05) is 0 Å². The highest BCUT2D eigenvalue weighted by Crippen LogP contribution is 2.45. The zero-order valence-corrected chi connectivity index (χ0v) is 27.5. The van der Waals surface area contributed by atoms with E-state index in [4.69, 9.17) is 6.57 Å². The van der Waals surface area contributed by atoms with Gasteiger partial charge < -0.3 is 9.13 Å². The molecule has 7 aromatic carbocycles. The Morgan fingerprint density at radius 2 is 1.00 bits per heavy atom. The third-order valence-electron chi connectivity index (χ3n) is 9.86. The Kier molecular flexibility index (Phi) is 6.91. The molecule has 0 atom stereocenters. The lowest BCUT2D eigenvalue weighted by Gasteiger charge is -2.20. The molecule has 0 fully saturated rings. The number of nitriles is 3. The molecular weight excluding hydrogens is 637 g/mol. The number of hydrogen-bond donors (Lipinski definition) is 0. The monoisotopic (exact) mass is 660 g/mol. The van der Waals surface area contributed by atoms with Gasteiger partial charge in [0, 0.05) is 27.1 Å². The average molecular weight is 661 g/mol. The van der Waals surface area contributed by atoms with Gasteiger partial charge in [-0.2, -0.15) is 15.8 Å². The first-order valence-electron chi connectivity index (χ1n) is 16.7. The maximum Gasteiger partial charge on any atom is 0.211 e. The van der Waals surface area contributed by atoms with Crippen molar-refractivity contribution < 1.29 is 0 Å². The van der Waals surface area contributed by atoms with Crippen molar-refractivity contribution >= 4 is 49.3 Å². The number of benzene rings is 7. The summed E-state index contributed by atoms with van der Waals surface area (Å²) in [5.41, 5.74) is 9.97. The summed E-state index contributed by atoms with van der Waals surface area (Å²) in [6, 6.07) is 54.1. The van der Waals surface area contributed by atoms with E-state index in [1.807, 2.05) is 103 Å². The number of nitrogens with zero attached hydrogens (tertiary/aromatic N) is 6. The van der Waals surface area contributed by atoms with Gasteiger partial charge in [-0.1, -0.05) is 91.0 Å². The minimum atomic E-state index is 0.428. The summed E-state index contributed by atoms with van der Waals surface area (Å²) >= 11 is 0. The van der Waals surface area contributed by atoms with Crippen molar-refractivity contribution in [2.24, 2.45) is 0 Å². The van der Waals surface area contributed by atoms with Crippen LogP contribution in [0, 0.1) is 40.6 Å². The second-order valence-electron chi connectivity index (χ2n) is 12.5. The fourth-order valence-electron chi connectivity index (χ4n) is 7.68. The Bertz CT molecular complexity index is 3080. The lowest BCUT2D eigenvalue weighted by atomic mass is 9.89. The van der Waals surface area contributed by atoms with Crippen LogP contribution in [-0.4, -0.2) is 9.13 Å². The fourth-order valence-corrected chi connectivity index (χ4v) is 7.68. The lowest BCUT2D eigenvalue weighted by Crippen LogP contribution is -2.01. The molecule has 2 aromatic heterocycles. The number of aromatic nitrogens is 2. The van der Waals surface area contributed by atoms with Crippen molar-refractivity contribution in [3.63, 3.8) is 0 Å². The Morgan fingerprint density at radius 3 is 1.65 bits per heavy atom. The smallest absolute Gasteiger partial charge is 0.211 e. The molecule has 0 radical (unpaired) electrons. The SMILES string of the molecule is [C-]#[N+]c1cccc(-c2cc(C#N)ccc2-c2cccc(-n3c4ccccc4c4ccccc43)c2C#N)c1-n1c2ccccc2c2cc(C#N)ccc21.